The minimum atomic E-state index is -0.919. The van der Waals surface area contributed by atoms with Crippen LogP contribution in [-0.4, -0.2) is 20.9 Å². The molecule has 2 rings (SSSR count). The lowest BCUT2D eigenvalue weighted by Crippen LogP contribution is -2.37. The van der Waals surface area contributed by atoms with Crippen LogP contribution in [0.3, 0.4) is 0 Å². The SMILES string of the molecule is CCC(Cc1ccn(C(C)C)n1)(C(=O)O)c1ccccc1. The minimum absolute atomic E-state index is 0.274. The standard InChI is InChI=1S/C17H22N2O2/c1-4-17(16(20)21,14-8-6-5-7-9-14)12-15-10-11-19(18-15)13(2)3/h5-11,13H,4,12H2,1-3H3,(H,20,21). The van der Waals surface area contributed by atoms with Crippen molar-refractivity contribution in [2.45, 2.75) is 45.1 Å². The van der Waals surface area contributed by atoms with Crippen molar-refractivity contribution >= 4 is 5.97 Å². The fourth-order valence-electron chi connectivity index (χ4n) is 2.61. The zero-order chi connectivity index (χ0) is 15.5. The largest absolute Gasteiger partial charge is 0.481 e. The van der Waals surface area contributed by atoms with Gasteiger partial charge in [-0.05, 0) is 31.9 Å². The maximum absolute atomic E-state index is 12.0. The van der Waals surface area contributed by atoms with Gasteiger partial charge < -0.3 is 5.11 Å². The molecule has 0 aliphatic heterocycles. The number of aromatic nitrogens is 2. The van der Waals surface area contributed by atoms with Crippen molar-refractivity contribution in [3.63, 3.8) is 0 Å². The molecule has 1 heterocycles. The van der Waals surface area contributed by atoms with E-state index in [0.29, 0.717) is 12.8 Å². The van der Waals surface area contributed by atoms with Crippen LogP contribution in [0.4, 0.5) is 0 Å². The van der Waals surface area contributed by atoms with Gasteiger partial charge in [0.15, 0.2) is 0 Å². The first kappa shape index (κ1) is 15.3. The highest BCUT2D eigenvalue weighted by Gasteiger charge is 2.39. The molecule has 0 saturated carbocycles. The Morgan fingerprint density at radius 1 is 1.29 bits per heavy atom. The lowest BCUT2D eigenvalue weighted by Gasteiger charge is -2.28. The van der Waals surface area contributed by atoms with E-state index in [4.69, 9.17) is 0 Å². The molecule has 0 bridgehead atoms. The van der Waals surface area contributed by atoms with Crippen LogP contribution in [0.25, 0.3) is 0 Å². The zero-order valence-electron chi connectivity index (χ0n) is 12.8. The van der Waals surface area contributed by atoms with Gasteiger partial charge in [0, 0.05) is 18.7 Å². The number of carbonyl (C=O) groups is 1. The molecule has 1 atom stereocenters. The lowest BCUT2D eigenvalue weighted by atomic mass is 9.74. The molecule has 0 saturated heterocycles. The quantitative estimate of drug-likeness (QED) is 0.885. The molecule has 4 heteroatoms. The highest BCUT2D eigenvalue weighted by atomic mass is 16.4. The highest BCUT2D eigenvalue weighted by molar-refractivity contribution is 5.81. The maximum atomic E-state index is 12.0. The van der Waals surface area contributed by atoms with Gasteiger partial charge in [-0.2, -0.15) is 5.10 Å². The van der Waals surface area contributed by atoms with Crippen LogP contribution in [0.15, 0.2) is 42.6 Å². The monoisotopic (exact) mass is 286 g/mol. The van der Waals surface area contributed by atoms with Crippen LogP contribution >= 0.6 is 0 Å². The molecule has 0 spiro atoms. The van der Waals surface area contributed by atoms with Crippen LogP contribution < -0.4 is 0 Å². The Labute approximate surface area is 125 Å². The van der Waals surface area contributed by atoms with Gasteiger partial charge in [0.25, 0.3) is 0 Å². The van der Waals surface area contributed by atoms with Gasteiger partial charge >= 0.3 is 5.97 Å². The van der Waals surface area contributed by atoms with Gasteiger partial charge in [0.05, 0.1) is 11.1 Å². The van der Waals surface area contributed by atoms with E-state index in [9.17, 15) is 9.90 Å². The first-order chi connectivity index (χ1) is 9.99. The topological polar surface area (TPSA) is 55.1 Å². The Bertz CT molecular complexity index is 604. The van der Waals surface area contributed by atoms with E-state index >= 15 is 0 Å². The third-order valence-electron chi connectivity index (χ3n) is 4.01. The number of hydrogen-bond acceptors (Lipinski definition) is 2. The molecule has 0 aliphatic carbocycles. The smallest absolute Gasteiger partial charge is 0.314 e. The molecular formula is C17H22N2O2. The molecule has 112 valence electrons. The second-order valence-corrected chi connectivity index (χ2v) is 5.66. The van der Waals surface area contributed by atoms with Crippen molar-refractivity contribution in [3.8, 4) is 0 Å². The number of nitrogens with zero attached hydrogens (tertiary/aromatic N) is 2. The summed E-state index contributed by atoms with van der Waals surface area (Å²) in [5.41, 5.74) is 0.730. The second kappa shape index (κ2) is 6.12. The van der Waals surface area contributed by atoms with E-state index in [-0.39, 0.29) is 6.04 Å². The van der Waals surface area contributed by atoms with Gasteiger partial charge in [-0.1, -0.05) is 37.3 Å². The lowest BCUT2D eigenvalue weighted by molar-refractivity contribution is -0.144. The average Bonchev–Trinajstić information content (AvgIpc) is 2.94. The van der Waals surface area contributed by atoms with Gasteiger partial charge in [-0.15, -0.1) is 0 Å². The van der Waals surface area contributed by atoms with E-state index < -0.39 is 11.4 Å². The Hall–Kier alpha value is -2.10. The van der Waals surface area contributed by atoms with Gasteiger partial charge in [0.2, 0.25) is 0 Å². The van der Waals surface area contributed by atoms with Crippen LogP contribution in [0, 0.1) is 0 Å². The van der Waals surface area contributed by atoms with Crippen molar-refractivity contribution in [2.24, 2.45) is 0 Å². The molecular weight excluding hydrogens is 264 g/mol. The normalized spacial score (nSPS) is 14.1. The number of benzene rings is 1. The minimum Gasteiger partial charge on any atom is -0.481 e. The van der Waals surface area contributed by atoms with Crippen molar-refractivity contribution in [3.05, 3.63) is 53.9 Å². The predicted octanol–water partition coefficient (Wildman–Crippen LogP) is 3.44. The summed E-state index contributed by atoms with van der Waals surface area (Å²) < 4.78 is 1.86. The van der Waals surface area contributed by atoms with Gasteiger partial charge in [-0.25, -0.2) is 0 Å². The van der Waals surface area contributed by atoms with E-state index in [1.807, 2.05) is 54.2 Å². The van der Waals surface area contributed by atoms with Crippen LogP contribution in [-0.2, 0) is 16.6 Å². The molecule has 1 N–H and O–H groups in total. The third-order valence-corrected chi connectivity index (χ3v) is 4.01. The van der Waals surface area contributed by atoms with Crippen LogP contribution in [0.5, 0.6) is 0 Å². The number of hydrogen-bond donors (Lipinski definition) is 1. The van der Waals surface area contributed by atoms with Crippen molar-refractivity contribution in [1.82, 2.24) is 9.78 Å². The third kappa shape index (κ3) is 2.99. The molecule has 0 fully saturated rings. The fraction of sp³-hybridized carbons (Fsp3) is 0.412. The molecule has 0 aliphatic rings. The molecule has 21 heavy (non-hydrogen) atoms. The summed E-state index contributed by atoms with van der Waals surface area (Å²) in [6.45, 7) is 6.02. The first-order valence-electron chi connectivity index (χ1n) is 7.32. The molecule has 4 nitrogen and oxygen atoms in total. The Morgan fingerprint density at radius 3 is 2.43 bits per heavy atom. The summed E-state index contributed by atoms with van der Waals surface area (Å²) in [7, 11) is 0. The molecule has 0 radical (unpaired) electrons. The fourth-order valence-corrected chi connectivity index (χ4v) is 2.61. The van der Waals surface area contributed by atoms with Crippen LogP contribution in [0.2, 0.25) is 0 Å². The second-order valence-electron chi connectivity index (χ2n) is 5.66. The number of carboxylic acids is 1. The number of aliphatic carboxylic acids is 1. The van der Waals surface area contributed by atoms with E-state index in [2.05, 4.69) is 18.9 Å². The molecule has 1 unspecified atom stereocenters. The Kier molecular flexibility index (Phi) is 4.46. The van der Waals surface area contributed by atoms with E-state index in [1.54, 1.807) is 0 Å². The summed E-state index contributed by atoms with van der Waals surface area (Å²) in [4.78, 5) is 12.0. The molecule has 0 amide bonds. The summed E-state index contributed by atoms with van der Waals surface area (Å²) in [6, 6.07) is 11.6. The maximum Gasteiger partial charge on any atom is 0.314 e. The summed E-state index contributed by atoms with van der Waals surface area (Å²) in [6.07, 6.45) is 2.84. The Balaban J connectivity index is 2.39. The molecule has 1 aromatic carbocycles. The van der Waals surface area contributed by atoms with Crippen molar-refractivity contribution in [2.75, 3.05) is 0 Å². The number of carboxylic acid groups (broad SMARTS) is 1. The summed E-state index contributed by atoms with van der Waals surface area (Å²) in [5, 5.41) is 14.3. The first-order valence-corrected chi connectivity index (χ1v) is 7.32. The summed E-state index contributed by atoms with van der Waals surface area (Å²) >= 11 is 0. The Morgan fingerprint density at radius 2 is 1.95 bits per heavy atom. The van der Waals surface area contributed by atoms with Crippen molar-refractivity contribution < 1.29 is 9.90 Å². The van der Waals surface area contributed by atoms with E-state index in [0.717, 1.165) is 11.3 Å². The van der Waals surface area contributed by atoms with Gasteiger partial charge in [-0.3, -0.25) is 9.48 Å². The zero-order valence-corrected chi connectivity index (χ0v) is 12.8. The highest BCUT2D eigenvalue weighted by Crippen LogP contribution is 2.32. The predicted molar refractivity (Wildman–Crippen MR) is 82.4 cm³/mol. The summed E-state index contributed by atoms with van der Waals surface area (Å²) in [5.74, 6) is -0.796. The van der Waals surface area contributed by atoms with Crippen molar-refractivity contribution in [1.29, 1.82) is 0 Å². The van der Waals surface area contributed by atoms with E-state index in [1.165, 1.54) is 0 Å². The molecule has 1 aromatic heterocycles. The van der Waals surface area contributed by atoms with Gasteiger partial charge in [0.1, 0.15) is 0 Å². The van der Waals surface area contributed by atoms with Crippen LogP contribution in [0.1, 0.15) is 44.5 Å². The average molecular weight is 286 g/mol. The molecule has 2 aromatic rings. The number of rotatable bonds is 6.